The molecule has 1 aromatic carbocycles. The fourth-order valence-electron chi connectivity index (χ4n) is 3.32. The molecule has 1 fully saturated rings. The molecule has 3 nitrogen and oxygen atoms in total. The maximum atomic E-state index is 13.6. The maximum absolute atomic E-state index is 13.6. The van der Waals surface area contributed by atoms with E-state index in [4.69, 9.17) is 17.3 Å². The summed E-state index contributed by atoms with van der Waals surface area (Å²) in [5, 5.41) is 0.424. The van der Waals surface area contributed by atoms with Gasteiger partial charge in [-0.25, -0.2) is 4.39 Å². The minimum Gasteiger partial charge on any atom is -0.329 e. The van der Waals surface area contributed by atoms with Gasteiger partial charge in [0.25, 0.3) is 0 Å². The van der Waals surface area contributed by atoms with Crippen molar-refractivity contribution < 1.29 is 4.39 Å². The molecule has 1 heterocycles. The first-order chi connectivity index (χ1) is 10.0. The van der Waals surface area contributed by atoms with Gasteiger partial charge < -0.3 is 5.73 Å². The third-order valence-electron chi connectivity index (χ3n) is 4.43. The summed E-state index contributed by atoms with van der Waals surface area (Å²) in [5.41, 5.74) is 6.78. The molecule has 2 unspecified atom stereocenters. The minimum absolute atomic E-state index is 0.00231. The van der Waals surface area contributed by atoms with Crippen LogP contribution >= 0.6 is 11.6 Å². The van der Waals surface area contributed by atoms with Gasteiger partial charge >= 0.3 is 0 Å². The first kappa shape index (κ1) is 16.7. The van der Waals surface area contributed by atoms with Crippen LogP contribution in [-0.2, 0) is 0 Å². The molecule has 0 aliphatic carbocycles. The van der Waals surface area contributed by atoms with Crippen molar-refractivity contribution in [1.29, 1.82) is 0 Å². The van der Waals surface area contributed by atoms with Crippen LogP contribution in [0.2, 0.25) is 5.02 Å². The minimum atomic E-state index is -0.305. The Hall–Kier alpha value is -0.680. The molecule has 0 radical (unpaired) electrons. The van der Waals surface area contributed by atoms with Crippen LogP contribution < -0.4 is 5.73 Å². The first-order valence-corrected chi connectivity index (χ1v) is 8.03. The van der Waals surface area contributed by atoms with Crippen molar-refractivity contribution >= 4 is 11.6 Å². The lowest BCUT2D eigenvalue weighted by Gasteiger charge is -2.33. The monoisotopic (exact) mass is 313 g/mol. The van der Waals surface area contributed by atoms with Crippen LogP contribution in [0, 0.1) is 5.82 Å². The fraction of sp³-hybridized carbons (Fsp3) is 0.625. The summed E-state index contributed by atoms with van der Waals surface area (Å²) in [6.07, 6.45) is 2.48. The predicted molar refractivity (Wildman–Crippen MR) is 86.1 cm³/mol. The van der Waals surface area contributed by atoms with E-state index in [0.29, 0.717) is 17.6 Å². The highest BCUT2D eigenvalue weighted by atomic mass is 35.5. The Balaban J connectivity index is 2.09. The standard InChI is InChI=1S/C16H25ClFN3/c1-3-21-6-4-5-15(21)11-20(2)16(10-19)12-7-13(17)9-14(18)8-12/h7-9,15-16H,3-6,10-11,19H2,1-2H3. The lowest BCUT2D eigenvalue weighted by molar-refractivity contribution is 0.165. The fourth-order valence-corrected chi connectivity index (χ4v) is 3.55. The molecule has 5 heteroatoms. The molecular weight excluding hydrogens is 289 g/mol. The largest absolute Gasteiger partial charge is 0.329 e. The zero-order chi connectivity index (χ0) is 15.4. The molecule has 118 valence electrons. The van der Waals surface area contributed by atoms with E-state index >= 15 is 0 Å². The number of likely N-dealkylation sites (N-methyl/N-ethyl adjacent to an activating group) is 2. The Bertz CT molecular complexity index is 449. The number of rotatable bonds is 6. The van der Waals surface area contributed by atoms with Gasteiger partial charge in [-0.05, 0) is 56.7 Å². The second-order valence-corrected chi connectivity index (χ2v) is 6.25. The molecule has 2 atom stereocenters. The molecule has 0 saturated carbocycles. The summed E-state index contributed by atoms with van der Waals surface area (Å²) in [5.74, 6) is -0.305. The normalized spacial score (nSPS) is 21.1. The summed E-state index contributed by atoms with van der Waals surface area (Å²) in [6.45, 7) is 5.86. The number of nitrogens with zero attached hydrogens (tertiary/aromatic N) is 2. The Kier molecular flexibility index (Phi) is 5.99. The number of benzene rings is 1. The van der Waals surface area contributed by atoms with Crippen molar-refractivity contribution in [3.63, 3.8) is 0 Å². The molecule has 21 heavy (non-hydrogen) atoms. The zero-order valence-corrected chi connectivity index (χ0v) is 13.6. The lowest BCUT2D eigenvalue weighted by Crippen LogP contribution is -2.41. The van der Waals surface area contributed by atoms with Crippen molar-refractivity contribution in [3.8, 4) is 0 Å². The first-order valence-electron chi connectivity index (χ1n) is 7.65. The van der Waals surface area contributed by atoms with Crippen molar-refractivity contribution in [3.05, 3.63) is 34.6 Å². The van der Waals surface area contributed by atoms with Crippen molar-refractivity contribution in [2.75, 3.05) is 33.2 Å². The smallest absolute Gasteiger partial charge is 0.125 e. The van der Waals surface area contributed by atoms with Gasteiger partial charge in [-0.15, -0.1) is 0 Å². The third-order valence-corrected chi connectivity index (χ3v) is 4.65. The molecule has 2 N–H and O–H groups in total. The van der Waals surface area contributed by atoms with Crippen LogP contribution in [-0.4, -0.2) is 49.1 Å². The van der Waals surface area contributed by atoms with E-state index in [1.807, 2.05) is 6.07 Å². The summed E-state index contributed by atoms with van der Waals surface area (Å²) in [4.78, 5) is 4.73. The average molecular weight is 314 g/mol. The molecule has 1 aromatic rings. The van der Waals surface area contributed by atoms with Crippen molar-refractivity contribution in [2.45, 2.75) is 31.8 Å². The van der Waals surface area contributed by atoms with Crippen molar-refractivity contribution in [1.82, 2.24) is 9.80 Å². The summed E-state index contributed by atoms with van der Waals surface area (Å²) in [7, 11) is 2.06. The summed E-state index contributed by atoms with van der Waals surface area (Å²) in [6, 6.07) is 5.24. The van der Waals surface area contributed by atoms with Gasteiger partial charge in [-0.1, -0.05) is 18.5 Å². The molecule has 0 amide bonds. The predicted octanol–water partition coefficient (Wildman–Crippen LogP) is 2.90. The maximum Gasteiger partial charge on any atom is 0.125 e. The van der Waals surface area contributed by atoms with Crippen LogP contribution in [0.1, 0.15) is 31.4 Å². The van der Waals surface area contributed by atoms with Gasteiger partial charge in [0.05, 0.1) is 0 Å². The Morgan fingerprint density at radius 2 is 2.24 bits per heavy atom. The zero-order valence-electron chi connectivity index (χ0n) is 12.9. The van der Waals surface area contributed by atoms with Crippen LogP contribution in [0.15, 0.2) is 18.2 Å². The summed E-state index contributed by atoms with van der Waals surface area (Å²) >= 11 is 5.96. The Labute approximate surface area is 131 Å². The number of halogens is 2. The molecule has 2 rings (SSSR count). The second kappa shape index (κ2) is 7.54. The summed E-state index contributed by atoms with van der Waals surface area (Å²) < 4.78 is 13.6. The lowest BCUT2D eigenvalue weighted by atomic mass is 10.0. The van der Waals surface area contributed by atoms with E-state index in [2.05, 4.69) is 23.8 Å². The molecule has 0 aromatic heterocycles. The number of hydrogen-bond acceptors (Lipinski definition) is 3. The van der Waals surface area contributed by atoms with Gasteiger partial charge in [0.2, 0.25) is 0 Å². The topological polar surface area (TPSA) is 32.5 Å². The highest BCUT2D eigenvalue weighted by Gasteiger charge is 2.26. The van der Waals surface area contributed by atoms with Gasteiger partial charge in [0.15, 0.2) is 0 Å². The van der Waals surface area contributed by atoms with E-state index in [9.17, 15) is 4.39 Å². The highest BCUT2D eigenvalue weighted by Crippen LogP contribution is 2.25. The van der Waals surface area contributed by atoms with E-state index in [1.165, 1.54) is 31.5 Å². The second-order valence-electron chi connectivity index (χ2n) is 5.82. The molecule has 1 aliphatic rings. The van der Waals surface area contributed by atoms with E-state index in [1.54, 1.807) is 0 Å². The van der Waals surface area contributed by atoms with Crippen LogP contribution in [0.5, 0.6) is 0 Å². The average Bonchev–Trinajstić information content (AvgIpc) is 2.85. The SMILES string of the molecule is CCN1CCCC1CN(C)C(CN)c1cc(F)cc(Cl)c1. The van der Waals surface area contributed by atoms with Gasteiger partial charge in [0.1, 0.15) is 5.82 Å². The van der Waals surface area contributed by atoms with Crippen molar-refractivity contribution in [2.24, 2.45) is 5.73 Å². The molecule has 1 saturated heterocycles. The number of likely N-dealkylation sites (tertiary alicyclic amines) is 1. The highest BCUT2D eigenvalue weighted by molar-refractivity contribution is 6.30. The van der Waals surface area contributed by atoms with E-state index < -0.39 is 0 Å². The van der Waals surface area contributed by atoms with Gasteiger partial charge in [-0.3, -0.25) is 9.80 Å². The van der Waals surface area contributed by atoms with Crippen LogP contribution in [0.3, 0.4) is 0 Å². The molecule has 0 bridgehead atoms. The molecular formula is C16H25ClFN3. The van der Waals surface area contributed by atoms with Crippen LogP contribution in [0.25, 0.3) is 0 Å². The Morgan fingerprint density at radius 1 is 1.48 bits per heavy atom. The third kappa shape index (κ3) is 4.16. The van der Waals surface area contributed by atoms with Gasteiger partial charge in [-0.2, -0.15) is 0 Å². The van der Waals surface area contributed by atoms with Gasteiger partial charge in [0, 0.05) is 30.2 Å². The Morgan fingerprint density at radius 3 is 2.86 bits per heavy atom. The van der Waals surface area contributed by atoms with Crippen LogP contribution in [0.4, 0.5) is 4.39 Å². The number of nitrogens with two attached hydrogens (primary N) is 1. The number of hydrogen-bond donors (Lipinski definition) is 1. The molecule has 1 aliphatic heterocycles. The van der Waals surface area contributed by atoms with E-state index in [-0.39, 0.29) is 11.9 Å². The molecule has 0 spiro atoms. The van der Waals surface area contributed by atoms with E-state index in [0.717, 1.165) is 18.7 Å². The quantitative estimate of drug-likeness (QED) is 0.876.